The van der Waals surface area contributed by atoms with Gasteiger partial charge in [0.15, 0.2) is 0 Å². The highest BCUT2D eigenvalue weighted by Gasteiger charge is 2.17. The largest absolute Gasteiger partial charge is 0.398 e. The molecule has 0 saturated heterocycles. The van der Waals surface area contributed by atoms with Crippen LogP contribution in [0, 0.1) is 0 Å². The monoisotopic (exact) mass is 330 g/mol. The van der Waals surface area contributed by atoms with Crippen LogP contribution in [0.3, 0.4) is 0 Å². The van der Waals surface area contributed by atoms with E-state index in [2.05, 4.69) is 30.6 Å². The van der Waals surface area contributed by atoms with Crippen molar-refractivity contribution in [3.8, 4) is 0 Å². The van der Waals surface area contributed by atoms with Gasteiger partial charge in [-0.15, -0.1) is 0 Å². The highest BCUT2D eigenvalue weighted by atomic mass is 79.9. The normalized spacial score (nSPS) is 11.6. The van der Waals surface area contributed by atoms with E-state index in [9.17, 15) is 8.42 Å². The summed E-state index contributed by atoms with van der Waals surface area (Å²) in [6.45, 7) is 0.137. The summed E-state index contributed by atoms with van der Waals surface area (Å²) in [5, 5.41) is 0. The van der Waals surface area contributed by atoms with Gasteiger partial charge in [0.1, 0.15) is 4.90 Å². The number of nitrogen functional groups attached to an aromatic ring is 1. The molecule has 0 amide bonds. The number of aromatic nitrogens is 2. The van der Waals surface area contributed by atoms with E-state index in [0.717, 1.165) is 4.47 Å². The van der Waals surface area contributed by atoms with Gasteiger partial charge in [0, 0.05) is 16.4 Å². The van der Waals surface area contributed by atoms with Crippen molar-refractivity contribution < 1.29 is 8.42 Å². The number of halogens is 1. The number of nitrogens with zero attached hydrogens (tertiary/aromatic N) is 1. The Kier molecular flexibility index (Phi) is 3.69. The number of hydrogen-bond donors (Lipinski definition) is 3. The molecule has 96 valence electrons. The van der Waals surface area contributed by atoms with E-state index >= 15 is 0 Å². The second kappa shape index (κ2) is 5.09. The summed E-state index contributed by atoms with van der Waals surface area (Å²) in [4.78, 5) is 6.67. The molecule has 0 unspecified atom stereocenters. The van der Waals surface area contributed by atoms with Crippen LogP contribution in [0.15, 0.2) is 40.1 Å². The first kappa shape index (κ1) is 13.1. The Morgan fingerprint density at radius 1 is 1.44 bits per heavy atom. The Morgan fingerprint density at radius 3 is 2.83 bits per heavy atom. The Bertz CT molecular complexity index is 640. The number of hydrogen-bond acceptors (Lipinski definition) is 4. The molecule has 0 atom stereocenters. The fraction of sp³-hybridized carbons (Fsp3) is 0.100. The first-order valence-corrected chi connectivity index (χ1v) is 7.28. The van der Waals surface area contributed by atoms with E-state index in [-0.39, 0.29) is 17.1 Å². The molecule has 0 fully saturated rings. The lowest BCUT2D eigenvalue weighted by atomic mass is 10.3. The molecule has 4 N–H and O–H groups in total. The van der Waals surface area contributed by atoms with Crippen LogP contribution in [0.5, 0.6) is 0 Å². The number of aromatic amines is 1. The third-order valence-corrected chi connectivity index (χ3v) is 4.24. The SMILES string of the molecule is Nc1cc(Br)ccc1S(=O)(=O)NCc1cnc[nH]1. The molecule has 2 aromatic rings. The van der Waals surface area contributed by atoms with E-state index in [1.807, 2.05) is 0 Å². The van der Waals surface area contributed by atoms with Crippen molar-refractivity contribution in [1.82, 2.24) is 14.7 Å². The Morgan fingerprint density at radius 2 is 2.22 bits per heavy atom. The molecule has 0 aliphatic carbocycles. The maximum Gasteiger partial charge on any atom is 0.242 e. The third kappa shape index (κ3) is 2.89. The number of imidazole rings is 1. The summed E-state index contributed by atoms with van der Waals surface area (Å²) in [6, 6.07) is 4.63. The second-order valence-electron chi connectivity index (χ2n) is 3.58. The molecule has 8 heteroatoms. The van der Waals surface area contributed by atoms with Crippen LogP contribution in [-0.4, -0.2) is 18.4 Å². The molecule has 1 aromatic heterocycles. The van der Waals surface area contributed by atoms with Gasteiger partial charge < -0.3 is 10.7 Å². The lowest BCUT2D eigenvalue weighted by Crippen LogP contribution is -2.24. The summed E-state index contributed by atoms with van der Waals surface area (Å²) in [7, 11) is -3.63. The molecular formula is C10H11BrN4O2S. The average molecular weight is 331 g/mol. The zero-order chi connectivity index (χ0) is 13.2. The number of nitrogens with one attached hydrogen (secondary N) is 2. The number of H-pyrrole nitrogens is 1. The quantitative estimate of drug-likeness (QED) is 0.734. The van der Waals surface area contributed by atoms with E-state index in [4.69, 9.17) is 5.73 Å². The lowest BCUT2D eigenvalue weighted by Gasteiger charge is -2.08. The van der Waals surface area contributed by atoms with Gasteiger partial charge >= 0.3 is 0 Å². The molecule has 0 aliphatic heterocycles. The van der Waals surface area contributed by atoms with Crippen molar-refractivity contribution in [2.75, 3.05) is 5.73 Å². The molecule has 1 aromatic carbocycles. The summed E-state index contributed by atoms with van der Waals surface area (Å²) < 4.78 is 27.2. The van der Waals surface area contributed by atoms with Crippen molar-refractivity contribution in [1.29, 1.82) is 0 Å². The fourth-order valence-electron chi connectivity index (χ4n) is 1.40. The lowest BCUT2D eigenvalue weighted by molar-refractivity contribution is 0.581. The van der Waals surface area contributed by atoms with E-state index in [1.54, 1.807) is 18.3 Å². The minimum Gasteiger partial charge on any atom is -0.398 e. The Labute approximate surface area is 113 Å². The number of anilines is 1. The van der Waals surface area contributed by atoms with Gasteiger partial charge in [-0.2, -0.15) is 0 Å². The molecule has 0 spiro atoms. The molecule has 0 bridgehead atoms. The summed E-state index contributed by atoms with van der Waals surface area (Å²) in [5.74, 6) is 0. The zero-order valence-electron chi connectivity index (χ0n) is 9.22. The smallest absolute Gasteiger partial charge is 0.242 e. The molecule has 6 nitrogen and oxygen atoms in total. The number of benzene rings is 1. The maximum atomic E-state index is 12.0. The first-order chi connectivity index (χ1) is 8.49. The van der Waals surface area contributed by atoms with Crippen LogP contribution in [0.2, 0.25) is 0 Å². The van der Waals surface area contributed by atoms with Gasteiger partial charge in [-0.25, -0.2) is 18.1 Å². The van der Waals surface area contributed by atoms with Crippen LogP contribution in [0.1, 0.15) is 5.69 Å². The van der Waals surface area contributed by atoms with E-state index in [1.165, 1.54) is 12.4 Å². The second-order valence-corrected chi connectivity index (χ2v) is 6.23. The van der Waals surface area contributed by atoms with Crippen molar-refractivity contribution in [2.24, 2.45) is 0 Å². The number of nitrogens with two attached hydrogens (primary N) is 1. The van der Waals surface area contributed by atoms with Gasteiger partial charge in [-0.1, -0.05) is 15.9 Å². The minimum absolute atomic E-state index is 0.0604. The standard InChI is InChI=1S/C10H11BrN4O2S/c11-7-1-2-10(9(12)3-7)18(16,17)15-5-8-4-13-6-14-8/h1-4,6,15H,5,12H2,(H,13,14). The van der Waals surface area contributed by atoms with Crippen LogP contribution < -0.4 is 10.5 Å². The van der Waals surface area contributed by atoms with E-state index < -0.39 is 10.0 Å². The summed E-state index contributed by atoms with van der Waals surface area (Å²) in [5.41, 5.74) is 6.56. The van der Waals surface area contributed by atoms with Crippen LogP contribution in [0.4, 0.5) is 5.69 Å². The van der Waals surface area contributed by atoms with Crippen molar-refractivity contribution in [2.45, 2.75) is 11.4 Å². The summed E-state index contributed by atoms with van der Waals surface area (Å²) in [6.07, 6.45) is 3.03. The highest BCUT2D eigenvalue weighted by Crippen LogP contribution is 2.22. The van der Waals surface area contributed by atoms with Crippen molar-refractivity contribution in [3.05, 3.63) is 40.9 Å². The van der Waals surface area contributed by atoms with Gasteiger partial charge in [0.25, 0.3) is 0 Å². The number of sulfonamides is 1. The molecular weight excluding hydrogens is 320 g/mol. The van der Waals surface area contributed by atoms with Crippen LogP contribution in [0.25, 0.3) is 0 Å². The predicted molar refractivity (Wildman–Crippen MR) is 71.2 cm³/mol. The first-order valence-electron chi connectivity index (χ1n) is 5.01. The summed E-state index contributed by atoms with van der Waals surface area (Å²) >= 11 is 3.23. The van der Waals surface area contributed by atoms with Crippen molar-refractivity contribution in [3.63, 3.8) is 0 Å². The zero-order valence-corrected chi connectivity index (χ0v) is 11.6. The van der Waals surface area contributed by atoms with Crippen LogP contribution in [-0.2, 0) is 16.6 Å². The molecule has 18 heavy (non-hydrogen) atoms. The third-order valence-electron chi connectivity index (χ3n) is 2.27. The predicted octanol–water partition coefficient (Wildman–Crippen LogP) is 1.23. The average Bonchev–Trinajstić information content (AvgIpc) is 2.78. The van der Waals surface area contributed by atoms with Crippen LogP contribution >= 0.6 is 15.9 Å². The maximum absolute atomic E-state index is 12.0. The Hall–Kier alpha value is -1.38. The van der Waals surface area contributed by atoms with Gasteiger partial charge in [-0.3, -0.25) is 0 Å². The topological polar surface area (TPSA) is 101 Å². The van der Waals surface area contributed by atoms with Gasteiger partial charge in [-0.05, 0) is 18.2 Å². The molecule has 1 heterocycles. The Balaban J connectivity index is 2.20. The van der Waals surface area contributed by atoms with E-state index in [0.29, 0.717) is 5.69 Å². The molecule has 0 aliphatic rings. The minimum atomic E-state index is -3.63. The van der Waals surface area contributed by atoms with Crippen molar-refractivity contribution >= 4 is 31.6 Å². The molecule has 0 radical (unpaired) electrons. The van der Waals surface area contributed by atoms with Gasteiger partial charge in [0.2, 0.25) is 10.0 Å². The fourth-order valence-corrected chi connectivity index (χ4v) is 2.89. The van der Waals surface area contributed by atoms with Gasteiger partial charge in [0.05, 0.1) is 18.6 Å². The molecule has 0 saturated carbocycles. The highest BCUT2D eigenvalue weighted by molar-refractivity contribution is 9.10. The number of rotatable bonds is 4. The molecule has 2 rings (SSSR count).